The van der Waals surface area contributed by atoms with E-state index in [2.05, 4.69) is 31.2 Å². The van der Waals surface area contributed by atoms with Gasteiger partial charge in [-0.1, -0.05) is 42.5 Å². The van der Waals surface area contributed by atoms with E-state index in [4.69, 9.17) is 4.74 Å². The summed E-state index contributed by atoms with van der Waals surface area (Å²) in [5, 5.41) is 2.40. The molecule has 0 heterocycles. The van der Waals surface area contributed by atoms with Crippen LogP contribution in [0.5, 0.6) is 5.75 Å². The monoisotopic (exact) mass is 212 g/mol. The highest BCUT2D eigenvalue weighted by Crippen LogP contribution is 2.25. The second-order valence-electron chi connectivity index (χ2n) is 3.90. The summed E-state index contributed by atoms with van der Waals surface area (Å²) in [7, 11) is 0. The molecule has 0 fully saturated rings. The van der Waals surface area contributed by atoms with Crippen LogP contribution in [0, 0.1) is 0 Å². The molecule has 16 heavy (non-hydrogen) atoms. The summed E-state index contributed by atoms with van der Waals surface area (Å²) in [5.41, 5.74) is 1.24. The molecule has 2 aromatic rings. The van der Waals surface area contributed by atoms with E-state index < -0.39 is 0 Å². The van der Waals surface area contributed by atoms with Gasteiger partial charge >= 0.3 is 0 Å². The molecular weight excluding hydrogens is 196 g/mol. The van der Waals surface area contributed by atoms with Gasteiger partial charge in [0.15, 0.2) is 0 Å². The van der Waals surface area contributed by atoms with Gasteiger partial charge in [-0.25, -0.2) is 0 Å². The molecule has 0 bridgehead atoms. The van der Waals surface area contributed by atoms with Crippen LogP contribution < -0.4 is 4.74 Å². The minimum absolute atomic E-state index is 0.657. The van der Waals surface area contributed by atoms with Crippen molar-refractivity contribution < 1.29 is 4.74 Å². The fraction of sp³-hybridized carbons (Fsp3) is 0.200. The molecule has 1 nitrogen and oxygen atoms in total. The van der Waals surface area contributed by atoms with Crippen molar-refractivity contribution in [3.63, 3.8) is 0 Å². The largest absolute Gasteiger partial charge is 0.489 e. The van der Waals surface area contributed by atoms with E-state index in [9.17, 15) is 0 Å². The smallest absolute Gasteiger partial charge is 0.127 e. The molecule has 0 unspecified atom stereocenters. The zero-order chi connectivity index (χ0) is 11.4. The molecule has 0 saturated carbocycles. The van der Waals surface area contributed by atoms with Gasteiger partial charge in [0.2, 0.25) is 0 Å². The first-order chi connectivity index (χ1) is 7.81. The predicted octanol–water partition coefficient (Wildman–Crippen LogP) is 4.18. The van der Waals surface area contributed by atoms with Crippen molar-refractivity contribution in [1.82, 2.24) is 0 Å². The Bertz CT molecular complexity index is 506. The average molecular weight is 212 g/mol. The van der Waals surface area contributed by atoms with E-state index in [1.165, 1.54) is 16.3 Å². The molecule has 0 aliphatic rings. The van der Waals surface area contributed by atoms with E-state index in [0.29, 0.717) is 6.61 Å². The number of allylic oxidation sites excluding steroid dienone is 1. The Morgan fingerprint density at radius 1 is 1.12 bits per heavy atom. The Labute approximate surface area is 96.4 Å². The van der Waals surface area contributed by atoms with Gasteiger partial charge in [0, 0.05) is 5.39 Å². The maximum absolute atomic E-state index is 5.80. The molecule has 1 heteroatoms. The highest BCUT2D eigenvalue weighted by Gasteiger charge is 2.00. The molecule has 2 rings (SSSR count). The standard InChI is InChI=1S/C15H16O/c1-3-12(2)11-16-15-10-6-8-13-7-4-5-9-14(13)15/h3-10H,11H2,1-2H3. The molecule has 0 radical (unpaired) electrons. The Kier molecular flexibility index (Phi) is 3.25. The summed E-state index contributed by atoms with van der Waals surface area (Å²) in [6.07, 6.45) is 2.07. The lowest BCUT2D eigenvalue weighted by Gasteiger charge is -2.09. The third-order valence-corrected chi connectivity index (χ3v) is 2.70. The molecule has 2 aromatic carbocycles. The van der Waals surface area contributed by atoms with Crippen molar-refractivity contribution in [2.45, 2.75) is 13.8 Å². The van der Waals surface area contributed by atoms with Gasteiger partial charge in [0.1, 0.15) is 12.4 Å². The number of fused-ring (bicyclic) bond motifs is 1. The van der Waals surface area contributed by atoms with E-state index in [0.717, 1.165) is 5.75 Å². The number of benzene rings is 2. The first kappa shape index (κ1) is 10.7. The second kappa shape index (κ2) is 4.84. The SMILES string of the molecule is CC=C(C)COc1cccc2ccccc12. The minimum atomic E-state index is 0.657. The fourth-order valence-corrected chi connectivity index (χ4v) is 1.60. The lowest BCUT2D eigenvalue weighted by molar-refractivity contribution is 0.356. The molecule has 0 amide bonds. The van der Waals surface area contributed by atoms with E-state index in [-0.39, 0.29) is 0 Å². The summed E-state index contributed by atoms with van der Waals surface area (Å²) in [5.74, 6) is 0.958. The van der Waals surface area contributed by atoms with Crippen molar-refractivity contribution in [2.24, 2.45) is 0 Å². The topological polar surface area (TPSA) is 9.23 Å². The summed E-state index contributed by atoms with van der Waals surface area (Å²) in [6, 6.07) is 14.4. The van der Waals surface area contributed by atoms with Gasteiger partial charge in [-0.15, -0.1) is 0 Å². The molecule has 82 valence electrons. The summed E-state index contributed by atoms with van der Waals surface area (Å²) in [6.45, 7) is 4.76. The molecule has 0 aliphatic heterocycles. The summed E-state index contributed by atoms with van der Waals surface area (Å²) >= 11 is 0. The number of rotatable bonds is 3. The molecule has 0 aliphatic carbocycles. The van der Waals surface area contributed by atoms with Crippen molar-refractivity contribution >= 4 is 10.8 Å². The fourth-order valence-electron chi connectivity index (χ4n) is 1.60. The molecular formula is C15H16O. The number of ether oxygens (including phenoxy) is 1. The van der Waals surface area contributed by atoms with Gasteiger partial charge in [-0.3, -0.25) is 0 Å². The Hall–Kier alpha value is -1.76. The van der Waals surface area contributed by atoms with Crippen LogP contribution >= 0.6 is 0 Å². The Morgan fingerprint density at radius 2 is 1.88 bits per heavy atom. The maximum Gasteiger partial charge on any atom is 0.127 e. The van der Waals surface area contributed by atoms with Gasteiger partial charge in [0.05, 0.1) is 0 Å². The zero-order valence-corrected chi connectivity index (χ0v) is 9.73. The van der Waals surface area contributed by atoms with Crippen molar-refractivity contribution in [3.8, 4) is 5.75 Å². The third-order valence-electron chi connectivity index (χ3n) is 2.70. The Morgan fingerprint density at radius 3 is 2.69 bits per heavy atom. The lowest BCUT2D eigenvalue weighted by atomic mass is 10.1. The average Bonchev–Trinajstić information content (AvgIpc) is 2.35. The van der Waals surface area contributed by atoms with Crippen molar-refractivity contribution in [2.75, 3.05) is 6.61 Å². The van der Waals surface area contributed by atoms with Crippen LogP contribution in [0.1, 0.15) is 13.8 Å². The van der Waals surface area contributed by atoms with Gasteiger partial charge < -0.3 is 4.74 Å². The minimum Gasteiger partial charge on any atom is -0.489 e. The first-order valence-corrected chi connectivity index (χ1v) is 5.53. The van der Waals surface area contributed by atoms with Crippen LogP contribution in [0.4, 0.5) is 0 Å². The quantitative estimate of drug-likeness (QED) is 0.693. The van der Waals surface area contributed by atoms with Crippen LogP contribution in [0.2, 0.25) is 0 Å². The van der Waals surface area contributed by atoms with Gasteiger partial charge in [-0.2, -0.15) is 0 Å². The lowest BCUT2D eigenvalue weighted by Crippen LogP contribution is -1.98. The molecule has 0 aromatic heterocycles. The van der Waals surface area contributed by atoms with Crippen LogP contribution in [-0.2, 0) is 0 Å². The van der Waals surface area contributed by atoms with Crippen molar-refractivity contribution in [1.29, 1.82) is 0 Å². The maximum atomic E-state index is 5.80. The molecule has 0 saturated heterocycles. The predicted molar refractivity (Wildman–Crippen MR) is 68.9 cm³/mol. The number of hydrogen-bond donors (Lipinski definition) is 0. The zero-order valence-electron chi connectivity index (χ0n) is 9.73. The van der Waals surface area contributed by atoms with E-state index >= 15 is 0 Å². The first-order valence-electron chi connectivity index (χ1n) is 5.53. The van der Waals surface area contributed by atoms with Crippen LogP contribution in [0.3, 0.4) is 0 Å². The summed E-state index contributed by atoms with van der Waals surface area (Å²) in [4.78, 5) is 0. The normalized spacial score (nSPS) is 11.8. The van der Waals surface area contributed by atoms with E-state index in [1.807, 2.05) is 31.2 Å². The third kappa shape index (κ3) is 2.25. The highest BCUT2D eigenvalue weighted by molar-refractivity contribution is 5.88. The van der Waals surface area contributed by atoms with Crippen LogP contribution in [0.15, 0.2) is 54.1 Å². The Balaban J connectivity index is 2.30. The van der Waals surface area contributed by atoms with Gasteiger partial charge in [0.25, 0.3) is 0 Å². The number of hydrogen-bond acceptors (Lipinski definition) is 1. The highest BCUT2D eigenvalue weighted by atomic mass is 16.5. The van der Waals surface area contributed by atoms with E-state index in [1.54, 1.807) is 0 Å². The molecule has 0 spiro atoms. The van der Waals surface area contributed by atoms with Crippen LogP contribution in [0.25, 0.3) is 10.8 Å². The molecule has 0 atom stereocenters. The molecule has 0 N–H and O–H groups in total. The van der Waals surface area contributed by atoms with Crippen molar-refractivity contribution in [3.05, 3.63) is 54.1 Å². The van der Waals surface area contributed by atoms with Crippen LogP contribution in [-0.4, -0.2) is 6.61 Å². The van der Waals surface area contributed by atoms with Gasteiger partial charge in [-0.05, 0) is 30.9 Å². The second-order valence-corrected chi connectivity index (χ2v) is 3.90. The summed E-state index contributed by atoms with van der Waals surface area (Å²) < 4.78 is 5.80.